The van der Waals surface area contributed by atoms with Gasteiger partial charge in [-0.2, -0.15) is 0 Å². The zero-order chi connectivity index (χ0) is 5.98. The third-order valence-corrected chi connectivity index (χ3v) is 1.23. The Hall–Kier alpha value is 0.630. The Balaban J connectivity index is 0.000000640. The molecular weight excluding hydrogens is 194 g/mol. The number of hydrogen-bond donors (Lipinski definition) is 0. The van der Waals surface area contributed by atoms with Gasteiger partial charge >= 0.3 is 29.6 Å². The summed E-state index contributed by atoms with van der Waals surface area (Å²) in [4.78, 5) is 0. The van der Waals surface area contributed by atoms with E-state index >= 15 is 0 Å². The predicted octanol–water partition coefficient (Wildman–Crippen LogP) is 1.74. The van der Waals surface area contributed by atoms with Gasteiger partial charge in [-0.05, 0) is 24.3 Å². The fourth-order valence-corrected chi connectivity index (χ4v) is 0.634. The number of benzene rings is 1. The van der Waals surface area contributed by atoms with Gasteiger partial charge in [-0.1, -0.05) is 15.9 Å². The van der Waals surface area contributed by atoms with Crippen molar-refractivity contribution in [2.24, 2.45) is 0 Å². The molecule has 0 heterocycles. The second-order valence-electron chi connectivity index (χ2n) is 1.35. The van der Waals surface area contributed by atoms with E-state index in [4.69, 9.17) is 0 Å². The van der Waals surface area contributed by atoms with Crippen LogP contribution in [0.15, 0.2) is 22.7 Å². The van der Waals surface area contributed by atoms with Crippen LogP contribution in [0.4, 0.5) is 4.39 Å². The van der Waals surface area contributed by atoms with Crippen LogP contribution in [0.5, 0.6) is 0 Å². The fraction of sp³-hybridized carbons (Fsp3) is 0. The number of hydrogen-bond acceptors (Lipinski definition) is 0. The summed E-state index contributed by atoms with van der Waals surface area (Å²) in [7, 11) is 0. The van der Waals surface area contributed by atoms with Gasteiger partial charge in [0.1, 0.15) is 5.82 Å². The zero-order valence-electron chi connectivity index (χ0n) is 3.99. The second-order valence-corrected chi connectivity index (χ2v) is 2.21. The summed E-state index contributed by atoms with van der Waals surface area (Å²) in [6.45, 7) is 0. The molecule has 0 saturated heterocycles. The van der Waals surface area contributed by atoms with Crippen molar-refractivity contribution in [2.45, 2.75) is 0 Å². The third kappa shape index (κ3) is 3.36. The van der Waals surface area contributed by atoms with Crippen LogP contribution in [0.2, 0.25) is 0 Å². The average molecular weight is 198 g/mol. The van der Waals surface area contributed by atoms with E-state index in [1.807, 2.05) is 0 Å². The van der Waals surface area contributed by atoms with Crippen molar-refractivity contribution < 1.29 is 4.39 Å². The molecule has 0 saturated carbocycles. The van der Waals surface area contributed by atoms with Crippen molar-refractivity contribution in [3.63, 3.8) is 0 Å². The maximum absolute atomic E-state index is 12.0. The van der Waals surface area contributed by atoms with Gasteiger partial charge in [0.05, 0.1) is 0 Å². The first-order valence-electron chi connectivity index (χ1n) is 2.12. The van der Waals surface area contributed by atoms with Gasteiger partial charge in [0.2, 0.25) is 0 Å². The quantitative estimate of drug-likeness (QED) is 0.557. The van der Waals surface area contributed by atoms with Gasteiger partial charge in [-0.3, -0.25) is 0 Å². The van der Waals surface area contributed by atoms with Crippen molar-refractivity contribution in [1.29, 1.82) is 0 Å². The average Bonchev–Trinajstić information content (AvgIpc) is 1.77. The molecule has 0 aromatic heterocycles. The molecule has 0 aliphatic heterocycles. The maximum atomic E-state index is 12.0. The summed E-state index contributed by atoms with van der Waals surface area (Å²) in [5.74, 6) is -0.256. The molecule has 0 N–H and O–H groups in total. The van der Waals surface area contributed by atoms with E-state index in [0.717, 1.165) is 4.47 Å². The summed E-state index contributed by atoms with van der Waals surface area (Å²) in [5, 5.41) is 0. The van der Waals surface area contributed by atoms with Crippen LogP contribution in [0, 0.1) is 11.9 Å². The molecule has 0 aliphatic carbocycles. The summed E-state index contributed by atoms with van der Waals surface area (Å²) in [5.41, 5.74) is 0. The third-order valence-electron chi connectivity index (χ3n) is 0.737. The molecule has 43 valence electrons. The Morgan fingerprint density at radius 2 is 2.11 bits per heavy atom. The molecule has 1 rings (SSSR count). The SMILES string of the molecule is Fc1c[c]c(Br)cc1.[NaH]. The van der Waals surface area contributed by atoms with Crippen LogP contribution >= 0.6 is 15.9 Å². The van der Waals surface area contributed by atoms with E-state index in [1.54, 1.807) is 6.07 Å². The minimum absolute atomic E-state index is 0. The van der Waals surface area contributed by atoms with E-state index in [0.29, 0.717) is 0 Å². The second kappa shape index (κ2) is 4.45. The first-order valence-corrected chi connectivity index (χ1v) is 2.91. The molecule has 0 atom stereocenters. The summed E-state index contributed by atoms with van der Waals surface area (Å²) < 4.78 is 12.8. The Morgan fingerprint density at radius 3 is 2.44 bits per heavy atom. The van der Waals surface area contributed by atoms with Gasteiger partial charge in [-0.15, -0.1) is 0 Å². The van der Waals surface area contributed by atoms with Crippen LogP contribution in [-0.2, 0) is 0 Å². The zero-order valence-corrected chi connectivity index (χ0v) is 5.57. The Morgan fingerprint density at radius 1 is 1.44 bits per heavy atom. The number of rotatable bonds is 0. The van der Waals surface area contributed by atoms with E-state index in [1.165, 1.54) is 12.1 Å². The van der Waals surface area contributed by atoms with E-state index in [9.17, 15) is 4.39 Å². The van der Waals surface area contributed by atoms with Crippen LogP contribution < -0.4 is 0 Å². The van der Waals surface area contributed by atoms with Crippen LogP contribution in [0.3, 0.4) is 0 Å². The van der Waals surface area contributed by atoms with Gasteiger partial charge in [0.15, 0.2) is 0 Å². The molecule has 1 radical (unpaired) electrons. The molecule has 0 nitrogen and oxygen atoms in total. The van der Waals surface area contributed by atoms with E-state index in [2.05, 4.69) is 22.0 Å². The molecule has 0 aliphatic rings. The molecule has 0 unspecified atom stereocenters. The standard InChI is InChI=1S/C6H3BrF.Na.H/c7-5-1-3-6(8)4-2-5;;/h1,3-4H;;. The molecule has 9 heavy (non-hydrogen) atoms. The first kappa shape index (κ1) is 9.63. The van der Waals surface area contributed by atoms with Gasteiger partial charge < -0.3 is 0 Å². The van der Waals surface area contributed by atoms with Gasteiger partial charge in [0, 0.05) is 4.47 Å². The summed E-state index contributed by atoms with van der Waals surface area (Å²) in [6.07, 6.45) is 0. The first-order chi connectivity index (χ1) is 3.79. The fourth-order valence-electron chi connectivity index (χ4n) is 0.387. The minimum atomic E-state index is -0.256. The Labute approximate surface area is 83.9 Å². The van der Waals surface area contributed by atoms with Crippen molar-refractivity contribution in [3.05, 3.63) is 34.6 Å². The molecular formula is C6H4BrFNa. The van der Waals surface area contributed by atoms with Crippen molar-refractivity contribution in [1.82, 2.24) is 0 Å². The van der Waals surface area contributed by atoms with E-state index in [-0.39, 0.29) is 35.4 Å². The summed E-state index contributed by atoms with van der Waals surface area (Å²) in [6, 6.07) is 6.91. The van der Waals surface area contributed by atoms with Crippen molar-refractivity contribution in [3.8, 4) is 0 Å². The molecule has 0 amide bonds. The Kier molecular flexibility index (Phi) is 4.76. The van der Waals surface area contributed by atoms with Gasteiger partial charge in [-0.25, -0.2) is 4.39 Å². The van der Waals surface area contributed by atoms with Crippen molar-refractivity contribution >= 4 is 45.5 Å². The van der Waals surface area contributed by atoms with Crippen LogP contribution in [0.1, 0.15) is 0 Å². The molecule has 0 fully saturated rings. The van der Waals surface area contributed by atoms with Gasteiger partial charge in [0.25, 0.3) is 0 Å². The summed E-state index contributed by atoms with van der Waals surface area (Å²) >= 11 is 3.12. The predicted molar refractivity (Wildman–Crippen MR) is 40.1 cm³/mol. The Bertz CT molecular complexity index is 152. The van der Waals surface area contributed by atoms with Crippen LogP contribution in [0.25, 0.3) is 0 Å². The van der Waals surface area contributed by atoms with Crippen LogP contribution in [-0.4, -0.2) is 29.6 Å². The molecule has 0 bridgehead atoms. The monoisotopic (exact) mass is 197 g/mol. The molecule has 3 heteroatoms. The normalized spacial score (nSPS) is 8.22. The molecule has 1 aromatic carbocycles. The number of halogens is 2. The van der Waals surface area contributed by atoms with E-state index < -0.39 is 0 Å². The van der Waals surface area contributed by atoms with Crippen molar-refractivity contribution in [2.75, 3.05) is 0 Å². The molecule has 0 spiro atoms. The topological polar surface area (TPSA) is 0 Å². The molecule has 1 aromatic rings.